The molecule has 1 aromatic rings. The van der Waals surface area contributed by atoms with Gasteiger partial charge in [0.1, 0.15) is 11.4 Å². The van der Waals surface area contributed by atoms with Crippen molar-refractivity contribution in [2.24, 2.45) is 0 Å². The van der Waals surface area contributed by atoms with Gasteiger partial charge in [-0.15, -0.1) is 0 Å². The van der Waals surface area contributed by atoms with E-state index in [9.17, 15) is 9.59 Å². The Morgan fingerprint density at radius 1 is 1.38 bits per heavy atom. The van der Waals surface area contributed by atoms with Gasteiger partial charge in [-0.2, -0.15) is 0 Å². The number of nitrogens with zero attached hydrogens (tertiary/aromatic N) is 1. The maximum absolute atomic E-state index is 12.6. The van der Waals surface area contributed by atoms with Crippen LogP contribution in [-0.2, 0) is 16.0 Å². The molecule has 1 aliphatic rings. The summed E-state index contributed by atoms with van der Waals surface area (Å²) in [5, 5.41) is 2.83. The van der Waals surface area contributed by atoms with E-state index in [0.29, 0.717) is 18.8 Å². The molecule has 0 aliphatic carbocycles. The molecule has 1 N–H and O–H groups in total. The molecule has 1 heterocycles. The second-order valence-corrected chi connectivity index (χ2v) is 7.42. The third-order valence-corrected chi connectivity index (χ3v) is 4.14. The summed E-state index contributed by atoms with van der Waals surface area (Å²) in [5.74, 6) is 0.699. The predicted molar refractivity (Wildman–Crippen MR) is 101 cm³/mol. The van der Waals surface area contributed by atoms with E-state index >= 15 is 0 Å². The van der Waals surface area contributed by atoms with Crippen molar-refractivity contribution < 1.29 is 19.1 Å². The maximum Gasteiger partial charge on any atom is 0.407 e. The zero-order chi connectivity index (χ0) is 19.3. The van der Waals surface area contributed by atoms with Gasteiger partial charge in [-0.05, 0) is 44.9 Å². The number of nitrogens with one attached hydrogen (secondary N) is 1. The number of ether oxygens (including phenoxy) is 2. The van der Waals surface area contributed by atoms with Crippen molar-refractivity contribution in [2.75, 3.05) is 20.2 Å². The topological polar surface area (TPSA) is 67.9 Å². The van der Waals surface area contributed by atoms with Crippen LogP contribution in [0.25, 0.3) is 6.08 Å². The Morgan fingerprint density at radius 3 is 2.73 bits per heavy atom. The molecule has 6 nitrogen and oxygen atoms in total. The minimum Gasteiger partial charge on any atom is -0.496 e. The summed E-state index contributed by atoms with van der Waals surface area (Å²) in [6, 6.07) is 5.57. The number of likely N-dealkylation sites (tertiary alicyclic amines) is 1. The van der Waals surface area contributed by atoms with Gasteiger partial charge in [-0.3, -0.25) is 4.79 Å². The summed E-state index contributed by atoms with van der Waals surface area (Å²) in [6.07, 6.45) is 2.26. The molecule has 1 aromatic carbocycles. The van der Waals surface area contributed by atoms with E-state index in [1.165, 1.54) is 0 Å². The average molecular weight is 360 g/mol. The van der Waals surface area contributed by atoms with Gasteiger partial charge < -0.3 is 19.7 Å². The van der Waals surface area contributed by atoms with Gasteiger partial charge in [0.15, 0.2) is 0 Å². The standard InChI is InChI=1S/C20H28N2O4/c1-6-14-7-8-17(25-5)15(11-14)12-18(23)22-10-9-16(13-22)21-19(24)26-20(2,3)4/h6-8,11,16H,1,9-10,12-13H2,2-5H3,(H,21,24)/t16-/m1/s1. The molecular formula is C20H28N2O4. The monoisotopic (exact) mass is 360 g/mol. The fraction of sp³-hybridized carbons (Fsp3) is 0.500. The van der Waals surface area contributed by atoms with Crippen LogP contribution in [-0.4, -0.2) is 48.7 Å². The quantitative estimate of drug-likeness (QED) is 0.876. The third-order valence-electron chi connectivity index (χ3n) is 4.14. The second-order valence-electron chi connectivity index (χ2n) is 7.42. The Balaban J connectivity index is 1.94. The van der Waals surface area contributed by atoms with Crippen molar-refractivity contribution >= 4 is 18.1 Å². The Morgan fingerprint density at radius 2 is 2.12 bits per heavy atom. The molecule has 0 radical (unpaired) electrons. The molecule has 2 rings (SSSR count). The molecule has 1 atom stereocenters. The molecule has 1 saturated heterocycles. The first-order valence-corrected chi connectivity index (χ1v) is 8.78. The van der Waals surface area contributed by atoms with Crippen molar-refractivity contribution in [3.8, 4) is 5.75 Å². The molecule has 0 unspecified atom stereocenters. The molecule has 26 heavy (non-hydrogen) atoms. The summed E-state index contributed by atoms with van der Waals surface area (Å²) >= 11 is 0. The Labute approximate surface area is 155 Å². The molecule has 1 fully saturated rings. The van der Waals surface area contributed by atoms with Crippen LogP contribution in [0.3, 0.4) is 0 Å². The van der Waals surface area contributed by atoms with Crippen LogP contribution in [0.15, 0.2) is 24.8 Å². The highest BCUT2D eigenvalue weighted by Crippen LogP contribution is 2.22. The minimum absolute atomic E-state index is 0.0120. The van der Waals surface area contributed by atoms with E-state index < -0.39 is 11.7 Å². The lowest BCUT2D eigenvalue weighted by molar-refractivity contribution is -0.129. The van der Waals surface area contributed by atoms with Gasteiger partial charge >= 0.3 is 6.09 Å². The summed E-state index contributed by atoms with van der Waals surface area (Å²) in [5.41, 5.74) is 1.24. The summed E-state index contributed by atoms with van der Waals surface area (Å²) in [7, 11) is 1.59. The number of benzene rings is 1. The van der Waals surface area contributed by atoms with Crippen molar-refractivity contribution in [3.05, 3.63) is 35.9 Å². The number of hydrogen-bond donors (Lipinski definition) is 1. The lowest BCUT2D eigenvalue weighted by atomic mass is 10.1. The summed E-state index contributed by atoms with van der Waals surface area (Å²) in [4.78, 5) is 26.3. The highest BCUT2D eigenvalue weighted by Gasteiger charge is 2.29. The van der Waals surface area contributed by atoms with Gasteiger partial charge in [0.05, 0.1) is 19.6 Å². The molecule has 6 heteroatoms. The number of alkyl carbamates (subject to hydrolysis) is 1. The lowest BCUT2D eigenvalue weighted by Gasteiger charge is -2.22. The number of amides is 2. The second kappa shape index (κ2) is 8.25. The first-order chi connectivity index (χ1) is 12.2. The highest BCUT2D eigenvalue weighted by molar-refractivity contribution is 5.80. The maximum atomic E-state index is 12.6. The SMILES string of the molecule is C=Cc1ccc(OC)c(CC(=O)N2CC[C@@H](NC(=O)OC(C)(C)C)C2)c1. The molecule has 142 valence electrons. The largest absolute Gasteiger partial charge is 0.496 e. The molecule has 0 bridgehead atoms. The van der Waals surface area contributed by atoms with Crippen LogP contribution in [0.4, 0.5) is 4.79 Å². The fourth-order valence-corrected chi connectivity index (χ4v) is 2.92. The first-order valence-electron chi connectivity index (χ1n) is 8.78. The van der Waals surface area contributed by atoms with Gasteiger partial charge in [0, 0.05) is 18.7 Å². The van der Waals surface area contributed by atoms with Crippen LogP contribution < -0.4 is 10.1 Å². The van der Waals surface area contributed by atoms with E-state index in [1.807, 2.05) is 39.0 Å². The number of rotatable bonds is 5. The van der Waals surface area contributed by atoms with Crippen molar-refractivity contribution in [1.29, 1.82) is 0 Å². The Kier molecular flexibility index (Phi) is 6.29. The van der Waals surface area contributed by atoms with Crippen LogP contribution in [0, 0.1) is 0 Å². The average Bonchev–Trinajstić information content (AvgIpc) is 3.01. The third kappa shape index (κ3) is 5.51. The van der Waals surface area contributed by atoms with Gasteiger partial charge in [-0.25, -0.2) is 4.79 Å². The number of hydrogen-bond acceptors (Lipinski definition) is 4. The summed E-state index contributed by atoms with van der Waals surface area (Å²) in [6.45, 7) is 10.3. The highest BCUT2D eigenvalue weighted by atomic mass is 16.6. The molecule has 0 aromatic heterocycles. The number of carbonyl (C=O) groups is 2. The Bertz CT molecular complexity index is 679. The number of carbonyl (C=O) groups excluding carboxylic acids is 2. The van der Waals surface area contributed by atoms with Gasteiger partial charge in [0.2, 0.25) is 5.91 Å². The fourth-order valence-electron chi connectivity index (χ4n) is 2.92. The number of methoxy groups -OCH3 is 1. The van der Waals surface area contributed by atoms with Crippen molar-refractivity contribution in [2.45, 2.75) is 45.3 Å². The molecular weight excluding hydrogens is 332 g/mol. The molecule has 0 spiro atoms. The predicted octanol–water partition coefficient (Wildman–Crippen LogP) is 3.01. The van der Waals surface area contributed by atoms with Crippen LogP contribution in [0.2, 0.25) is 0 Å². The van der Waals surface area contributed by atoms with E-state index in [0.717, 1.165) is 17.5 Å². The lowest BCUT2D eigenvalue weighted by Crippen LogP contribution is -2.41. The van der Waals surface area contributed by atoms with Gasteiger partial charge in [0.25, 0.3) is 0 Å². The van der Waals surface area contributed by atoms with Crippen molar-refractivity contribution in [1.82, 2.24) is 10.2 Å². The summed E-state index contributed by atoms with van der Waals surface area (Å²) < 4.78 is 10.6. The van der Waals surface area contributed by atoms with E-state index in [2.05, 4.69) is 11.9 Å². The van der Waals surface area contributed by atoms with Crippen molar-refractivity contribution in [3.63, 3.8) is 0 Å². The molecule has 0 saturated carbocycles. The van der Waals surface area contributed by atoms with E-state index in [-0.39, 0.29) is 18.4 Å². The molecule has 1 aliphatic heterocycles. The van der Waals surface area contributed by atoms with Crippen LogP contribution in [0.1, 0.15) is 38.3 Å². The Hall–Kier alpha value is -2.50. The zero-order valence-corrected chi connectivity index (χ0v) is 16.0. The van der Waals surface area contributed by atoms with E-state index in [4.69, 9.17) is 9.47 Å². The zero-order valence-electron chi connectivity index (χ0n) is 16.0. The van der Waals surface area contributed by atoms with Crippen LogP contribution >= 0.6 is 0 Å². The first kappa shape index (κ1) is 19.8. The van der Waals surface area contributed by atoms with E-state index in [1.54, 1.807) is 18.1 Å². The smallest absolute Gasteiger partial charge is 0.407 e. The normalized spacial score (nSPS) is 16.9. The molecule has 2 amide bonds. The van der Waals surface area contributed by atoms with Gasteiger partial charge in [-0.1, -0.05) is 18.7 Å². The van der Waals surface area contributed by atoms with Crippen LogP contribution in [0.5, 0.6) is 5.75 Å². The minimum atomic E-state index is -0.537.